The van der Waals surface area contributed by atoms with Crippen molar-refractivity contribution in [2.75, 3.05) is 18.9 Å². The van der Waals surface area contributed by atoms with Crippen molar-refractivity contribution in [1.82, 2.24) is 14.5 Å². The van der Waals surface area contributed by atoms with Crippen molar-refractivity contribution in [3.05, 3.63) is 53.4 Å². The number of aliphatic hydroxyl groups is 2. The maximum absolute atomic E-state index is 13.1. The van der Waals surface area contributed by atoms with Gasteiger partial charge in [-0.1, -0.05) is 29.8 Å². The zero-order chi connectivity index (χ0) is 24.1. The fourth-order valence-corrected chi connectivity index (χ4v) is 5.89. The van der Waals surface area contributed by atoms with E-state index in [-0.39, 0.29) is 19.0 Å². The van der Waals surface area contributed by atoms with Gasteiger partial charge in [0.2, 0.25) is 0 Å². The average Bonchev–Trinajstić information content (AvgIpc) is 3.32. The van der Waals surface area contributed by atoms with E-state index in [0.717, 1.165) is 0 Å². The summed E-state index contributed by atoms with van der Waals surface area (Å²) in [6.45, 7) is 1.22. The van der Waals surface area contributed by atoms with Gasteiger partial charge in [0.25, 0.3) is 0 Å². The normalized spacial score (nSPS) is 34.0. The van der Waals surface area contributed by atoms with Crippen LogP contribution in [0.2, 0.25) is 5.02 Å². The number of phosphoric acid groups is 1. The van der Waals surface area contributed by atoms with Crippen LogP contribution in [-0.2, 0) is 22.9 Å². The van der Waals surface area contributed by atoms with Crippen LogP contribution in [0.3, 0.4) is 0 Å². The molecule has 1 aromatic carbocycles. The Morgan fingerprint density at radius 3 is 2.94 bits per heavy atom. The van der Waals surface area contributed by atoms with Crippen LogP contribution in [0.25, 0.3) is 11.0 Å². The van der Waals surface area contributed by atoms with Gasteiger partial charge < -0.3 is 25.3 Å². The Balaban J connectivity index is 1.31. The number of halogens is 1. The summed E-state index contributed by atoms with van der Waals surface area (Å²) in [5.74, 6) is 0.277. The first-order chi connectivity index (χ1) is 16.2. The highest BCUT2D eigenvalue weighted by Crippen LogP contribution is 2.58. The van der Waals surface area contributed by atoms with Gasteiger partial charge in [-0.15, -0.1) is 0 Å². The molecule has 0 aliphatic carbocycles. The average molecular weight is 511 g/mol. The maximum atomic E-state index is 13.1. The van der Waals surface area contributed by atoms with Crippen LogP contribution >= 0.6 is 19.4 Å². The molecule has 2 aliphatic rings. The third-order valence-corrected chi connectivity index (χ3v) is 7.90. The quantitative estimate of drug-likeness (QED) is 0.437. The van der Waals surface area contributed by atoms with Crippen molar-refractivity contribution < 1.29 is 33.1 Å². The zero-order valence-corrected chi connectivity index (χ0v) is 19.8. The van der Waals surface area contributed by atoms with Gasteiger partial charge in [-0.05, 0) is 19.1 Å². The molecule has 11 nitrogen and oxygen atoms in total. The number of nitrogens with zero attached hydrogens (tertiary/aromatic N) is 3. The predicted molar refractivity (Wildman–Crippen MR) is 122 cm³/mol. The first-order valence-electron chi connectivity index (χ1n) is 10.6. The van der Waals surface area contributed by atoms with E-state index in [1.165, 1.54) is 13.3 Å². The van der Waals surface area contributed by atoms with Crippen LogP contribution in [0.1, 0.15) is 31.2 Å². The van der Waals surface area contributed by atoms with E-state index in [1.807, 2.05) is 0 Å². The largest absolute Gasteiger partial charge is 0.475 e. The Hall–Kier alpha value is -2.08. The fourth-order valence-electron chi connectivity index (χ4n) is 4.25. The van der Waals surface area contributed by atoms with Crippen LogP contribution in [0.15, 0.2) is 42.9 Å². The molecule has 4 N–H and O–H groups in total. The van der Waals surface area contributed by atoms with Crippen LogP contribution in [-0.4, -0.2) is 55.8 Å². The lowest BCUT2D eigenvalue weighted by atomic mass is 9.96. The van der Waals surface area contributed by atoms with Gasteiger partial charge in [0, 0.05) is 23.2 Å². The number of hydrogen-bond donors (Lipinski definition) is 3. The molecule has 6 atom stereocenters. The monoisotopic (exact) mass is 510 g/mol. The molecule has 4 heterocycles. The standard InChI is InChI=1S/C21H24ClN4O7P/c1-21(28)17(27)16(32-20(21)26-8-6-13-18(23)24-11-25-19(13)26)10-31-34(29)30-9-7-15(33-34)12-4-2-3-5-14(12)22/h2-6,8,11,15-17,20,27-28H,7,9-10H2,1H3,(H2,23,24,25)/t15-,16+,17+,20+,21+,34+/m0/s1. The van der Waals surface area contributed by atoms with Crippen molar-refractivity contribution in [3.8, 4) is 0 Å². The predicted octanol–water partition coefficient (Wildman–Crippen LogP) is 2.98. The van der Waals surface area contributed by atoms with Gasteiger partial charge >= 0.3 is 7.82 Å². The first kappa shape index (κ1) is 23.7. The van der Waals surface area contributed by atoms with Crippen LogP contribution in [0.5, 0.6) is 0 Å². The number of fused-ring (bicyclic) bond motifs is 1. The Kier molecular flexibility index (Phi) is 6.16. The lowest BCUT2D eigenvalue weighted by molar-refractivity contribution is -0.0950. The van der Waals surface area contributed by atoms with E-state index < -0.39 is 38.0 Å². The smallest absolute Gasteiger partial charge is 0.387 e. The van der Waals surface area contributed by atoms with E-state index in [0.29, 0.717) is 28.0 Å². The minimum atomic E-state index is -3.98. The molecule has 0 radical (unpaired) electrons. The molecule has 3 aromatic rings. The van der Waals surface area contributed by atoms with Gasteiger partial charge in [0.15, 0.2) is 6.23 Å². The molecule has 34 heavy (non-hydrogen) atoms. The summed E-state index contributed by atoms with van der Waals surface area (Å²) < 4.78 is 37.1. The Morgan fingerprint density at radius 1 is 1.35 bits per heavy atom. The van der Waals surface area contributed by atoms with Crippen molar-refractivity contribution in [2.24, 2.45) is 0 Å². The van der Waals surface area contributed by atoms with Crippen molar-refractivity contribution >= 4 is 36.3 Å². The van der Waals surface area contributed by atoms with E-state index in [9.17, 15) is 14.8 Å². The molecule has 2 aliphatic heterocycles. The zero-order valence-electron chi connectivity index (χ0n) is 18.2. The van der Waals surface area contributed by atoms with Crippen molar-refractivity contribution in [2.45, 2.75) is 43.5 Å². The minimum Gasteiger partial charge on any atom is -0.387 e. The van der Waals surface area contributed by atoms with E-state index in [1.54, 1.807) is 41.1 Å². The number of phosphoric ester groups is 1. The third kappa shape index (κ3) is 4.12. The minimum absolute atomic E-state index is 0.137. The number of nitrogens with two attached hydrogens (primary N) is 1. The van der Waals surface area contributed by atoms with Crippen LogP contribution < -0.4 is 5.73 Å². The number of nitrogen functional groups attached to an aromatic ring is 1. The molecule has 0 amide bonds. The molecule has 2 aromatic heterocycles. The van der Waals surface area contributed by atoms with Crippen molar-refractivity contribution in [3.63, 3.8) is 0 Å². The molecule has 182 valence electrons. The molecule has 0 spiro atoms. The highest BCUT2D eigenvalue weighted by Gasteiger charge is 2.54. The molecule has 0 saturated carbocycles. The van der Waals surface area contributed by atoms with Gasteiger partial charge in [-0.25, -0.2) is 14.5 Å². The Bertz CT molecular complexity index is 1250. The number of anilines is 1. The second-order valence-corrected chi connectivity index (χ2v) is 10.4. The number of ether oxygens (including phenoxy) is 1. The topological polar surface area (TPSA) is 151 Å². The fraction of sp³-hybridized carbons (Fsp3) is 0.429. The third-order valence-electron chi connectivity index (χ3n) is 6.08. The number of benzene rings is 1. The van der Waals surface area contributed by atoms with Gasteiger partial charge in [-0.2, -0.15) is 0 Å². The first-order valence-corrected chi connectivity index (χ1v) is 12.5. The Labute approximate surface area is 200 Å². The van der Waals surface area contributed by atoms with E-state index in [2.05, 4.69) is 9.97 Å². The van der Waals surface area contributed by atoms with Gasteiger partial charge in [-0.3, -0.25) is 13.6 Å². The molecular formula is C21H24ClN4O7P. The number of aromatic nitrogens is 3. The molecule has 0 bridgehead atoms. The highest BCUT2D eigenvalue weighted by atomic mass is 35.5. The Morgan fingerprint density at radius 2 is 2.15 bits per heavy atom. The lowest BCUT2D eigenvalue weighted by Gasteiger charge is -2.30. The summed E-state index contributed by atoms with van der Waals surface area (Å²) in [6.07, 6.45) is -0.618. The summed E-state index contributed by atoms with van der Waals surface area (Å²) in [6, 6.07) is 8.79. The molecule has 5 rings (SSSR count). The number of aliphatic hydroxyl groups excluding tert-OH is 1. The van der Waals surface area contributed by atoms with Crippen LogP contribution in [0.4, 0.5) is 5.82 Å². The molecule has 2 fully saturated rings. The highest BCUT2D eigenvalue weighted by molar-refractivity contribution is 7.48. The molecule has 2 saturated heterocycles. The summed E-state index contributed by atoms with van der Waals surface area (Å²) in [5, 5.41) is 22.9. The number of hydrogen-bond acceptors (Lipinski definition) is 10. The number of rotatable bonds is 5. The van der Waals surface area contributed by atoms with E-state index >= 15 is 0 Å². The lowest BCUT2D eigenvalue weighted by Crippen LogP contribution is -2.44. The summed E-state index contributed by atoms with van der Waals surface area (Å²) >= 11 is 6.25. The molecular weight excluding hydrogens is 487 g/mol. The summed E-state index contributed by atoms with van der Waals surface area (Å²) in [5.41, 5.74) is 5.28. The second-order valence-electron chi connectivity index (χ2n) is 8.40. The van der Waals surface area contributed by atoms with E-state index in [4.69, 9.17) is 35.6 Å². The second kappa shape index (κ2) is 8.85. The maximum Gasteiger partial charge on any atom is 0.475 e. The SMILES string of the molecule is C[C@@]1(O)[C@H](O)[C@@H](CO[P@@]2(=O)OCC[C@@H](c3ccccc3Cl)O2)O[C@H]1n1ccc2c(N)ncnc21. The van der Waals surface area contributed by atoms with Crippen molar-refractivity contribution in [1.29, 1.82) is 0 Å². The summed E-state index contributed by atoms with van der Waals surface area (Å²) in [7, 11) is -3.98. The van der Waals surface area contributed by atoms with Crippen LogP contribution in [0, 0.1) is 0 Å². The summed E-state index contributed by atoms with van der Waals surface area (Å²) in [4.78, 5) is 8.16. The molecule has 13 heteroatoms. The van der Waals surface area contributed by atoms with Gasteiger partial charge in [0.1, 0.15) is 35.6 Å². The molecule has 0 unspecified atom stereocenters. The van der Waals surface area contributed by atoms with Gasteiger partial charge in [0.05, 0.1) is 24.7 Å².